The molecule has 2 aromatic rings. The van der Waals surface area contributed by atoms with E-state index in [0.29, 0.717) is 5.92 Å². The molecule has 116 valence electrons. The van der Waals surface area contributed by atoms with E-state index in [9.17, 15) is 0 Å². The zero-order chi connectivity index (χ0) is 16.0. The monoisotopic (exact) mass is 294 g/mol. The SMILES string of the molecule is CC(C)c1ccccc1C1(C)CC(C)(C)c2ccccc2O1. The summed E-state index contributed by atoms with van der Waals surface area (Å²) < 4.78 is 6.53. The lowest BCUT2D eigenvalue weighted by Gasteiger charge is -2.45. The Bertz CT molecular complexity index is 684. The number of fused-ring (bicyclic) bond motifs is 1. The number of rotatable bonds is 2. The highest BCUT2D eigenvalue weighted by atomic mass is 16.5. The van der Waals surface area contributed by atoms with Gasteiger partial charge in [-0.15, -0.1) is 0 Å². The van der Waals surface area contributed by atoms with Gasteiger partial charge in [0.15, 0.2) is 0 Å². The van der Waals surface area contributed by atoms with E-state index in [1.165, 1.54) is 16.7 Å². The summed E-state index contributed by atoms with van der Waals surface area (Å²) in [5.41, 5.74) is 3.86. The van der Waals surface area contributed by atoms with Crippen molar-refractivity contribution < 1.29 is 4.74 Å². The fourth-order valence-corrected chi connectivity index (χ4v) is 3.96. The fraction of sp³-hybridized carbons (Fsp3) is 0.429. The minimum atomic E-state index is -0.279. The van der Waals surface area contributed by atoms with Crippen LogP contribution < -0.4 is 4.74 Å². The van der Waals surface area contributed by atoms with Crippen molar-refractivity contribution in [2.24, 2.45) is 0 Å². The van der Waals surface area contributed by atoms with Crippen LogP contribution in [0.1, 0.15) is 63.6 Å². The molecule has 1 heterocycles. The summed E-state index contributed by atoms with van der Waals surface area (Å²) in [6.07, 6.45) is 0.987. The Morgan fingerprint density at radius 3 is 2.14 bits per heavy atom. The summed E-state index contributed by atoms with van der Waals surface area (Å²) in [7, 11) is 0. The van der Waals surface area contributed by atoms with Crippen LogP contribution in [0.4, 0.5) is 0 Å². The van der Waals surface area contributed by atoms with Gasteiger partial charge >= 0.3 is 0 Å². The third kappa shape index (κ3) is 2.43. The van der Waals surface area contributed by atoms with E-state index in [2.05, 4.69) is 83.1 Å². The highest BCUT2D eigenvalue weighted by Crippen LogP contribution is 2.49. The Morgan fingerprint density at radius 2 is 1.45 bits per heavy atom. The molecule has 0 radical (unpaired) electrons. The van der Waals surface area contributed by atoms with Crippen LogP contribution in [-0.4, -0.2) is 0 Å². The normalized spacial score (nSPS) is 23.0. The minimum absolute atomic E-state index is 0.105. The summed E-state index contributed by atoms with van der Waals surface area (Å²) in [5.74, 6) is 1.52. The molecule has 1 atom stereocenters. The maximum Gasteiger partial charge on any atom is 0.132 e. The van der Waals surface area contributed by atoms with E-state index < -0.39 is 0 Å². The molecule has 1 heteroatoms. The molecule has 1 aliphatic heterocycles. The van der Waals surface area contributed by atoms with Gasteiger partial charge in [-0.25, -0.2) is 0 Å². The molecule has 0 aromatic heterocycles. The van der Waals surface area contributed by atoms with Crippen LogP contribution in [-0.2, 0) is 11.0 Å². The Balaban J connectivity index is 2.13. The smallest absolute Gasteiger partial charge is 0.132 e. The largest absolute Gasteiger partial charge is 0.483 e. The third-order valence-electron chi connectivity index (χ3n) is 4.88. The molecular formula is C21H26O. The number of hydrogen-bond acceptors (Lipinski definition) is 1. The van der Waals surface area contributed by atoms with Crippen molar-refractivity contribution in [3.8, 4) is 5.75 Å². The molecule has 0 fully saturated rings. The van der Waals surface area contributed by atoms with Crippen molar-refractivity contribution in [3.63, 3.8) is 0 Å². The van der Waals surface area contributed by atoms with Gasteiger partial charge < -0.3 is 4.74 Å². The summed E-state index contributed by atoms with van der Waals surface area (Å²) in [6, 6.07) is 17.2. The lowest BCUT2D eigenvalue weighted by atomic mass is 9.70. The van der Waals surface area contributed by atoms with Crippen molar-refractivity contribution in [1.82, 2.24) is 0 Å². The molecule has 0 spiro atoms. The van der Waals surface area contributed by atoms with Crippen LogP contribution in [0.25, 0.3) is 0 Å². The molecule has 22 heavy (non-hydrogen) atoms. The van der Waals surface area contributed by atoms with Crippen molar-refractivity contribution >= 4 is 0 Å². The molecule has 2 aromatic carbocycles. The first-order chi connectivity index (χ1) is 10.3. The maximum atomic E-state index is 6.53. The molecule has 0 saturated heterocycles. The van der Waals surface area contributed by atoms with Crippen LogP contribution in [0.2, 0.25) is 0 Å². The highest BCUT2D eigenvalue weighted by molar-refractivity contribution is 5.45. The van der Waals surface area contributed by atoms with Crippen molar-refractivity contribution in [2.75, 3.05) is 0 Å². The summed E-state index contributed by atoms with van der Waals surface area (Å²) in [6.45, 7) is 11.4. The Hall–Kier alpha value is -1.76. The molecule has 3 rings (SSSR count). The molecule has 1 nitrogen and oxygen atoms in total. The van der Waals surface area contributed by atoms with E-state index >= 15 is 0 Å². The highest BCUT2D eigenvalue weighted by Gasteiger charge is 2.43. The first-order valence-corrected chi connectivity index (χ1v) is 8.21. The number of benzene rings is 2. The predicted octanol–water partition coefficient (Wildman–Crippen LogP) is 5.79. The number of para-hydroxylation sites is 1. The van der Waals surface area contributed by atoms with E-state index in [-0.39, 0.29) is 11.0 Å². The zero-order valence-electron chi connectivity index (χ0n) is 14.3. The van der Waals surface area contributed by atoms with Gasteiger partial charge in [0.25, 0.3) is 0 Å². The van der Waals surface area contributed by atoms with Gasteiger partial charge in [-0.3, -0.25) is 0 Å². The van der Waals surface area contributed by atoms with Crippen LogP contribution in [0.5, 0.6) is 5.75 Å². The second-order valence-electron chi connectivity index (χ2n) is 7.63. The van der Waals surface area contributed by atoms with Crippen molar-refractivity contribution in [3.05, 3.63) is 65.2 Å². The van der Waals surface area contributed by atoms with Gasteiger partial charge in [0.2, 0.25) is 0 Å². The number of hydrogen-bond donors (Lipinski definition) is 0. The predicted molar refractivity (Wildman–Crippen MR) is 92.6 cm³/mol. The van der Waals surface area contributed by atoms with Crippen molar-refractivity contribution in [2.45, 2.75) is 58.0 Å². The average Bonchev–Trinajstić information content (AvgIpc) is 2.46. The van der Waals surface area contributed by atoms with E-state index in [4.69, 9.17) is 4.74 Å². The molecule has 0 bridgehead atoms. The zero-order valence-corrected chi connectivity index (χ0v) is 14.3. The molecule has 1 aliphatic rings. The van der Waals surface area contributed by atoms with Gasteiger partial charge in [-0.05, 0) is 41.0 Å². The Kier molecular flexibility index (Phi) is 3.55. The topological polar surface area (TPSA) is 9.23 Å². The van der Waals surface area contributed by atoms with E-state index in [1.54, 1.807) is 0 Å². The van der Waals surface area contributed by atoms with Gasteiger partial charge in [0.05, 0.1) is 0 Å². The number of ether oxygens (including phenoxy) is 1. The van der Waals surface area contributed by atoms with E-state index in [1.807, 2.05) is 0 Å². The molecule has 0 N–H and O–H groups in total. The minimum Gasteiger partial charge on any atom is -0.483 e. The summed E-state index contributed by atoms with van der Waals surface area (Å²) >= 11 is 0. The second kappa shape index (κ2) is 5.15. The Morgan fingerprint density at radius 1 is 0.864 bits per heavy atom. The molecule has 0 saturated carbocycles. The van der Waals surface area contributed by atoms with Gasteiger partial charge in [0, 0.05) is 6.42 Å². The summed E-state index contributed by atoms with van der Waals surface area (Å²) in [4.78, 5) is 0. The fourth-order valence-electron chi connectivity index (χ4n) is 3.96. The van der Waals surface area contributed by atoms with Crippen LogP contribution in [0.15, 0.2) is 48.5 Å². The quantitative estimate of drug-likeness (QED) is 0.681. The second-order valence-corrected chi connectivity index (χ2v) is 7.63. The van der Waals surface area contributed by atoms with Crippen LogP contribution in [0.3, 0.4) is 0 Å². The first-order valence-electron chi connectivity index (χ1n) is 8.21. The lowest BCUT2D eigenvalue weighted by molar-refractivity contribution is 0.0315. The molecular weight excluding hydrogens is 268 g/mol. The molecule has 0 amide bonds. The first kappa shape index (κ1) is 15.1. The molecule has 0 aliphatic carbocycles. The Labute approximate surface area is 134 Å². The average molecular weight is 294 g/mol. The lowest BCUT2D eigenvalue weighted by Crippen LogP contribution is -2.42. The van der Waals surface area contributed by atoms with Gasteiger partial charge in [-0.2, -0.15) is 0 Å². The molecule has 1 unspecified atom stereocenters. The van der Waals surface area contributed by atoms with Crippen molar-refractivity contribution in [1.29, 1.82) is 0 Å². The standard InChI is InChI=1S/C21H26O/c1-15(2)16-10-6-7-11-17(16)21(5)14-20(3,4)18-12-8-9-13-19(18)22-21/h6-13,15H,14H2,1-5H3. The van der Waals surface area contributed by atoms with Gasteiger partial charge in [0.1, 0.15) is 11.4 Å². The summed E-state index contributed by atoms with van der Waals surface area (Å²) in [5, 5.41) is 0. The maximum absolute atomic E-state index is 6.53. The van der Waals surface area contributed by atoms with Crippen LogP contribution >= 0.6 is 0 Å². The van der Waals surface area contributed by atoms with Crippen LogP contribution in [0, 0.1) is 0 Å². The van der Waals surface area contributed by atoms with E-state index in [0.717, 1.165) is 12.2 Å². The third-order valence-corrected chi connectivity index (χ3v) is 4.88. The van der Waals surface area contributed by atoms with Gasteiger partial charge in [-0.1, -0.05) is 70.2 Å².